The van der Waals surface area contributed by atoms with Crippen LogP contribution in [0.1, 0.15) is 38.2 Å². The molecule has 0 bridgehead atoms. The van der Waals surface area contributed by atoms with Crippen LogP contribution in [0.25, 0.3) is 10.9 Å². The predicted molar refractivity (Wildman–Crippen MR) is 79.5 cm³/mol. The fourth-order valence-electron chi connectivity index (χ4n) is 3.04. The Balaban J connectivity index is 1.64. The van der Waals surface area contributed by atoms with Crippen molar-refractivity contribution >= 4 is 10.9 Å². The summed E-state index contributed by atoms with van der Waals surface area (Å²) in [6, 6.07) is 8.98. The summed E-state index contributed by atoms with van der Waals surface area (Å²) in [5, 5.41) is 1.35. The summed E-state index contributed by atoms with van der Waals surface area (Å²) in [6.45, 7) is 4.00. The van der Waals surface area contributed by atoms with Crippen LogP contribution in [0.5, 0.6) is 0 Å². The van der Waals surface area contributed by atoms with Crippen LogP contribution in [-0.4, -0.2) is 17.3 Å². The van der Waals surface area contributed by atoms with Crippen molar-refractivity contribution < 1.29 is 4.74 Å². The topological polar surface area (TPSA) is 14.2 Å². The van der Waals surface area contributed by atoms with Crippen molar-refractivity contribution in [3.05, 3.63) is 36.0 Å². The molecule has 0 radical (unpaired) electrons. The highest BCUT2D eigenvalue weighted by Crippen LogP contribution is 2.21. The Bertz CT molecular complexity index is 537. The minimum atomic E-state index is 0.522. The van der Waals surface area contributed by atoms with Gasteiger partial charge in [-0.15, -0.1) is 0 Å². The number of nitrogens with zero attached hydrogens (tertiary/aromatic N) is 1. The monoisotopic (exact) mass is 257 g/mol. The van der Waals surface area contributed by atoms with Gasteiger partial charge in [0.1, 0.15) is 0 Å². The lowest BCUT2D eigenvalue weighted by Crippen LogP contribution is -2.12. The van der Waals surface area contributed by atoms with Gasteiger partial charge in [-0.3, -0.25) is 0 Å². The van der Waals surface area contributed by atoms with Gasteiger partial charge in [-0.2, -0.15) is 0 Å². The molecule has 1 heterocycles. The average molecular weight is 257 g/mol. The first-order chi connectivity index (χ1) is 9.36. The lowest BCUT2D eigenvalue weighted by Gasteiger charge is -2.12. The van der Waals surface area contributed by atoms with Crippen LogP contribution >= 0.6 is 0 Å². The van der Waals surface area contributed by atoms with E-state index in [0.29, 0.717) is 6.10 Å². The first-order valence-corrected chi connectivity index (χ1v) is 7.56. The molecule has 1 fully saturated rings. The summed E-state index contributed by atoms with van der Waals surface area (Å²) >= 11 is 0. The SMILES string of the molecule is CCc1ccc2c(ccn2CCOC2CCCC2)c1. The number of fused-ring (bicyclic) bond motifs is 1. The largest absolute Gasteiger partial charge is 0.376 e. The van der Waals surface area contributed by atoms with Crippen LogP contribution in [0.3, 0.4) is 0 Å². The minimum Gasteiger partial charge on any atom is -0.376 e. The van der Waals surface area contributed by atoms with Gasteiger partial charge in [0.15, 0.2) is 0 Å². The molecule has 19 heavy (non-hydrogen) atoms. The lowest BCUT2D eigenvalue weighted by molar-refractivity contribution is 0.0535. The first kappa shape index (κ1) is 12.7. The summed E-state index contributed by atoms with van der Waals surface area (Å²) in [5.74, 6) is 0. The number of ether oxygens (including phenoxy) is 1. The molecule has 1 saturated carbocycles. The van der Waals surface area contributed by atoms with Crippen LogP contribution in [0, 0.1) is 0 Å². The predicted octanol–water partition coefficient (Wildman–Crippen LogP) is 4.16. The van der Waals surface area contributed by atoms with E-state index in [1.807, 2.05) is 0 Å². The van der Waals surface area contributed by atoms with Gasteiger partial charge in [0.2, 0.25) is 0 Å². The highest BCUT2D eigenvalue weighted by Gasteiger charge is 2.14. The van der Waals surface area contributed by atoms with Gasteiger partial charge in [-0.05, 0) is 48.4 Å². The minimum absolute atomic E-state index is 0.522. The number of hydrogen-bond acceptors (Lipinski definition) is 1. The van der Waals surface area contributed by atoms with E-state index in [2.05, 4.69) is 42.0 Å². The van der Waals surface area contributed by atoms with Gasteiger partial charge in [0.05, 0.1) is 12.7 Å². The van der Waals surface area contributed by atoms with Crippen molar-refractivity contribution in [3.63, 3.8) is 0 Å². The Hall–Kier alpha value is -1.28. The molecule has 0 atom stereocenters. The zero-order valence-electron chi connectivity index (χ0n) is 11.8. The molecule has 2 heteroatoms. The summed E-state index contributed by atoms with van der Waals surface area (Å²) in [4.78, 5) is 0. The molecule has 0 unspecified atom stereocenters. The molecule has 0 N–H and O–H groups in total. The van der Waals surface area contributed by atoms with Crippen molar-refractivity contribution in [2.24, 2.45) is 0 Å². The Labute approximate surface area is 115 Å². The highest BCUT2D eigenvalue weighted by molar-refractivity contribution is 5.80. The second-order valence-electron chi connectivity index (χ2n) is 5.53. The molecular formula is C17H23NO. The first-order valence-electron chi connectivity index (χ1n) is 7.56. The molecule has 0 amide bonds. The maximum Gasteiger partial charge on any atom is 0.0649 e. The highest BCUT2D eigenvalue weighted by atomic mass is 16.5. The smallest absolute Gasteiger partial charge is 0.0649 e. The third-order valence-corrected chi connectivity index (χ3v) is 4.23. The summed E-state index contributed by atoms with van der Waals surface area (Å²) in [6.07, 6.45) is 9.01. The quantitative estimate of drug-likeness (QED) is 0.784. The van der Waals surface area contributed by atoms with E-state index in [1.54, 1.807) is 0 Å². The van der Waals surface area contributed by atoms with E-state index in [4.69, 9.17) is 4.74 Å². The lowest BCUT2D eigenvalue weighted by atomic mass is 10.1. The molecular weight excluding hydrogens is 234 g/mol. The zero-order chi connectivity index (χ0) is 13.1. The van der Waals surface area contributed by atoms with Gasteiger partial charge in [0, 0.05) is 18.3 Å². The van der Waals surface area contributed by atoms with Gasteiger partial charge in [-0.25, -0.2) is 0 Å². The average Bonchev–Trinajstić information content (AvgIpc) is 3.08. The van der Waals surface area contributed by atoms with Crippen LogP contribution in [0.2, 0.25) is 0 Å². The second kappa shape index (κ2) is 5.79. The summed E-state index contributed by atoms with van der Waals surface area (Å²) < 4.78 is 8.26. The molecule has 1 aromatic carbocycles. The normalized spacial score (nSPS) is 16.5. The van der Waals surface area contributed by atoms with E-state index < -0.39 is 0 Å². The third-order valence-electron chi connectivity index (χ3n) is 4.23. The molecule has 2 aromatic rings. The number of hydrogen-bond donors (Lipinski definition) is 0. The standard InChI is InChI=1S/C17H23NO/c1-2-14-7-8-17-15(13-14)9-10-18(17)11-12-19-16-5-3-4-6-16/h7-10,13,16H,2-6,11-12H2,1H3. The third kappa shape index (κ3) is 2.84. The number of aromatic nitrogens is 1. The Kier molecular flexibility index (Phi) is 3.88. The Morgan fingerprint density at radius 2 is 2.05 bits per heavy atom. The Morgan fingerprint density at radius 3 is 2.84 bits per heavy atom. The number of benzene rings is 1. The maximum absolute atomic E-state index is 5.95. The van der Waals surface area contributed by atoms with Crippen molar-refractivity contribution in [1.29, 1.82) is 0 Å². The van der Waals surface area contributed by atoms with Crippen molar-refractivity contribution in [3.8, 4) is 0 Å². The number of aryl methyl sites for hydroxylation is 1. The van der Waals surface area contributed by atoms with Gasteiger partial charge >= 0.3 is 0 Å². The molecule has 1 aliphatic carbocycles. The summed E-state index contributed by atoms with van der Waals surface area (Å²) in [7, 11) is 0. The molecule has 3 rings (SSSR count). The number of rotatable bonds is 5. The fourth-order valence-corrected chi connectivity index (χ4v) is 3.04. The second-order valence-corrected chi connectivity index (χ2v) is 5.53. The summed E-state index contributed by atoms with van der Waals surface area (Å²) in [5.41, 5.74) is 2.74. The van der Waals surface area contributed by atoms with Gasteiger partial charge in [-0.1, -0.05) is 25.8 Å². The van der Waals surface area contributed by atoms with Crippen LogP contribution < -0.4 is 0 Å². The van der Waals surface area contributed by atoms with E-state index in [1.165, 1.54) is 42.1 Å². The van der Waals surface area contributed by atoms with Crippen molar-refractivity contribution in [2.45, 2.75) is 51.7 Å². The van der Waals surface area contributed by atoms with E-state index in [0.717, 1.165) is 19.6 Å². The Morgan fingerprint density at radius 1 is 1.21 bits per heavy atom. The zero-order valence-corrected chi connectivity index (χ0v) is 11.8. The van der Waals surface area contributed by atoms with Gasteiger partial charge in [0.25, 0.3) is 0 Å². The molecule has 0 saturated heterocycles. The molecule has 1 aromatic heterocycles. The van der Waals surface area contributed by atoms with Crippen molar-refractivity contribution in [2.75, 3.05) is 6.61 Å². The molecule has 0 spiro atoms. The van der Waals surface area contributed by atoms with Crippen LogP contribution in [-0.2, 0) is 17.7 Å². The van der Waals surface area contributed by atoms with Crippen molar-refractivity contribution in [1.82, 2.24) is 4.57 Å². The molecule has 0 aliphatic heterocycles. The fraction of sp³-hybridized carbons (Fsp3) is 0.529. The molecule has 102 valence electrons. The van der Waals surface area contributed by atoms with E-state index in [-0.39, 0.29) is 0 Å². The van der Waals surface area contributed by atoms with E-state index in [9.17, 15) is 0 Å². The van der Waals surface area contributed by atoms with Gasteiger partial charge < -0.3 is 9.30 Å². The van der Waals surface area contributed by atoms with E-state index >= 15 is 0 Å². The van der Waals surface area contributed by atoms with Crippen LogP contribution in [0.15, 0.2) is 30.5 Å². The molecule has 2 nitrogen and oxygen atoms in total. The molecule has 1 aliphatic rings. The van der Waals surface area contributed by atoms with Crippen LogP contribution in [0.4, 0.5) is 0 Å². The maximum atomic E-state index is 5.95.